The van der Waals surface area contributed by atoms with Crippen molar-refractivity contribution in [3.63, 3.8) is 0 Å². The Labute approximate surface area is 89.3 Å². The number of hydrogen-bond acceptors (Lipinski definition) is 3. The molecule has 0 unspecified atom stereocenters. The van der Waals surface area contributed by atoms with Gasteiger partial charge in [0.15, 0.2) is 11.5 Å². The molecule has 0 spiro atoms. The molecule has 2 N–H and O–H groups in total. The molecule has 2 aromatic rings. The molecule has 0 fully saturated rings. The quantitative estimate of drug-likeness (QED) is 0.671. The number of anilines is 1. The van der Waals surface area contributed by atoms with Crippen molar-refractivity contribution in [3.8, 4) is 0 Å². The van der Waals surface area contributed by atoms with E-state index < -0.39 is 0 Å². The van der Waals surface area contributed by atoms with Gasteiger partial charge in [0, 0.05) is 18.2 Å². The summed E-state index contributed by atoms with van der Waals surface area (Å²) in [7, 11) is 0. The van der Waals surface area contributed by atoms with E-state index in [0.717, 1.165) is 22.4 Å². The highest BCUT2D eigenvalue weighted by molar-refractivity contribution is 5.81. The lowest BCUT2D eigenvalue weighted by Crippen LogP contribution is -2.11. The molecule has 0 aliphatic rings. The van der Waals surface area contributed by atoms with E-state index in [2.05, 4.69) is 25.8 Å². The number of aryl methyl sites for hydroxylation is 1. The molecule has 1 aromatic heterocycles. The van der Waals surface area contributed by atoms with Crippen LogP contribution in [0.4, 0.5) is 5.69 Å². The third kappa shape index (κ3) is 1.69. The van der Waals surface area contributed by atoms with E-state index in [1.807, 2.05) is 19.1 Å². The first-order chi connectivity index (χ1) is 6.88. The van der Waals surface area contributed by atoms with Gasteiger partial charge in [-0.05, 0) is 17.5 Å². The lowest BCUT2D eigenvalue weighted by atomic mass is 9.86. The lowest BCUT2D eigenvalue weighted by molar-refractivity contribution is 0.533. The predicted octanol–water partition coefficient (Wildman–Crippen LogP) is 3.02. The second-order valence-electron chi connectivity index (χ2n) is 4.90. The number of nitrogen functional groups attached to an aromatic ring is 1. The van der Waals surface area contributed by atoms with Crippen molar-refractivity contribution in [2.45, 2.75) is 33.1 Å². The number of hydrogen-bond donors (Lipinski definition) is 1. The van der Waals surface area contributed by atoms with Crippen LogP contribution in [-0.2, 0) is 5.41 Å². The predicted molar refractivity (Wildman–Crippen MR) is 61.9 cm³/mol. The summed E-state index contributed by atoms with van der Waals surface area (Å²) in [6, 6.07) is 3.81. The second-order valence-corrected chi connectivity index (χ2v) is 4.90. The standard InChI is InChI=1S/C12H16N2O/c1-7-14-10-6-8(13)5-9(11(10)15-7)12(2,3)4/h5-6H,13H2,1-4H3. The zero-order valence-corrected chi connectivity index (χ0v) is 9.59. The van der Waals surface area contributed by atoms with Gasteiger partial charge in [-0.2, -0.15) is 0 Å². The first kappa shape index (κ1) is 10.0. The van der Waals surface area contributed by atoms with Gasteiger partial charge in [0.05, 0.1) is 0 Å². The summed E-state index contributed by atoms with van der Waals surface area (Å²) in [6.07, 6.45) is 0. The highest BCUT2D eigenvalue weighted by Crippen LogP contribution is 2.32. The molecule has 0 radical (unpaired) electrons. The third-order valence-electron chi connectivity index (χ3n) is 2.43. The fourth-order valence-corrected chi connectivity index (χ4v) is 1.72. The van der Waals surface area contributed by atoms with Gasteiger partial charge >= 0.3 is 0 Å². The van der Waals surface area contributed by atoms with E-state index in [-0.39, 0.29) is 5.41 Å². The molecule has 0 amide bonds. The van der Waals surface area contributed by atoms with Crippen molar-refractivity contribution in [2.75, 3.05) is 5.73 Å². The van der Waals surface area contributed by atoms with Crippen molar-refractivity contribution in [2.24, 2.45) is 0 Å². The van der Waals surface area contributed by atoms with Crippen LogP contribution >= 0.6 is 0 Å². The van der Waals surface area contributed by atoms with Gasteiger partial charge in [0.1, 0.15) is 5.52 Å². The molecule has 3 nitrogen and oxygen atoms in total. The summed E-state index contributed by atoms with van der Waals surface area (Å²) in [5.74, 6) is 0.682. The first-order valence-corrected chi connectivity index (χ1v) is 5.05. The largest absolute Gasteiger partial charge is 0.441 e. The average Bonchev–Trinajstić information content (AvgIpc) is 2.41. The van der Waals surface area contributed by atoms with Crippen LogP contribution in [0.5, 0.6) is 0 Å². The molecule has 0 saturated heterocycles. The van der Waals surface area contributed by atoms with E-state index in [0.29, 0.717) is 5.89 Å². The summed E-state index contributed by atoms with van der Waals surface area (Å²) in [5, 5.41) is 0. The minimum atomic E-state index is 0.0135. The first-order valence-electron chi connectivity index (χ1n) is 5.05. The number of nitrogens with zero attached hydrogens (tertiary/aromatic N) is 1. The summed E-state index contributed by atoms with van der Waals surface area (Å²) in [5.41, 5.74) is 9.41. The van der Waals surface area contributed by atoms with E-state index in [4.69, 9.17) is 10.2 Å². The molecule has 15 heavy (non-hydrogen) atoms. The number of fused-ring (bicyclic) bond motifs is 1. The van der Waals surface area contributed by atoms with Gasteiger partial charge in [0.25, 0.3) is 0 Å². The van der Waals surface area contributed by atoms with Crippen molar-refractivity contribution >= 4 is 16.8 Å². The fraction of sp³-hybridized carbons (Fsp3) is 0.417. The number of aromatic nitrogens is 1. The molecule has 3 heteroatoms. The van der Waals surface area contributed by atoms with Crippen LogP contribution in [0.25, 0.3) is 11.1 Å². The van der Waals surface area contributed by atoms with E-state index in [9.17, 15) is 0 Å². The number of nitrogens with two attached hydrogens (primary N) is 1. The highest BCUT2D eigenvalue weighted by atomic mass is 16.3. The summed E-state index contributed by atoms with van der Waals surface area (Å²) in [6.45, 7) is 8.26. The fourth-order valence-electron chi connectivity index (χ4n) is 1.72. The van der Waals surface area contributed by atoms with Crippen LogP contribution in [0.1, 0.15) is 32.2 Å². The molecule has 0 atom stereocenters. The van der Waals surface area contributed by atoms with Gasteiger partial charge in [-0.3, -0.25) is 0 Å². The topological polar surface area (TPSA) is 52.0 Å². The molecule has 1 heterocycles. The molecule has 0 aliphatic heterocycles. The molecule has 0 bridgehead atoms. The van der Waals surface area contributed by atoms with Crippen molar-refractivity contribution < 1.29 is 4.42 Å². The zero-order chi connectivity index (χ0) is 11.2. The highest BCUT2D eigenvalue weighted by Gasteiger charge is 2.20. The van der Waals surface area contributed by atoms with Crippen LogP contribution < -0.4 is 5.73 Å². The average molecular weight is 204 g/mol. The van der Waals surface area contributed by atoms with Crippen LogP contribution in [0.3, 0.4) is 0 Å². The van der Waals surface area contributed by atoms with Gasteiger partial charge < -0.3 is 10.2 Å². The van der Waals surface area contributed by atoms with Gasteiger partial charge in [-0.25, -0.2) is 4.98 Å². The maximum atomic E-state index is 5.85. The monoisotopic (exact) mass is 204 g/mol. The number of benzene rings is 1. The lowest BCUT2D eigenvalue weighted by Gasteiger charge is -2.19. The Morgan fingerprint density at radius 3 is 2.53 bits per heavy atom. The van der Waals surface area contributed by atoms with Crippen LogP contribution in [0, 0.1) is 6.92 Å². The summed E-state index contributed by atoms with van der Waals surface area (Å²) < 4.78 is 5.61. The number of rotatable bonds is 0. The maximum absolute atomic E-state index is 5.85. The van der Waals surface area contributed by atoms with E-state index in [1.165, 1.54) is 0 Å². The van der Waals surface area contributed by atoms with Gasteiger partial charge in [0.2, 0.25) is 0 Å². The Bertz CT molecular complexity index is 506. The Kier molecular flexibility index (Phi) is 2.00. The zero-order valence-electron chi connectivity index (χ0n) is 9.59. The SMILES string of the molecule is Cc1nc2cc(N)cc(C(C)(C)C)c2o1. The second kappa shape index (κ2) is 2.99. The Balaban J connectivity index is 2.82. The van der Waals surface area contributed by atoms with Crippen LogP contribution in [0.2, 0.25) is 0 Å². The summed E-state index contributed by atoms with van der Waals surface area (Å²) in [4.78, 5) is 4.30. The van der Waals surface area contributed by atoms with Crippen molar-refractivity contribution in [1.82, 2.24) is 4.98 Å². The Morgan fingerprint density at radius 2 is 1.93 bits per heavy atom. The van der Waals surface area contributed by atoms with Crippen molar-refractivity contribution in [1.29, 1.82) is 0 Å². The molecular weight excluding hydrogens is 188 g/mol. The third-order valence-corrected chi connectivity index (χ3v) is 2.43. The molecule has 1 aromatic carbocycles. The maximum Gasteiger partial charge on any atom is 0.192 e. The van der Waals surface area contributed by atoms with Gasteiger partial charge in [-0.1, -0.05) is 20.8 Å². The molecule has 0 aliphatic carbocycles. The van der Waals surface area contributed by atoms with E-state index >= 15 is 0 Å². The Morgan fingerprint density at radius 1 is 1.27 bits per heavy atom. The minimum Gasteiger partial charge on any atom is -0.441 e. The smallest absolute Gasteiger partial charge is 0.192 e. The van der Waals surface area contributed by atoms with E-state index in [1.54, 1.807) is 0 Å². The summed E-state index contributed by atoms with van der Waals surface area (Å²) >= 11 is 0. The normalized spacial score (nSPS) is 12.3. The van der Waals surface area contributed by atoms with Crippen LogP contribution in [-0.4, -0.2) is 4.98 Å². The molecular formula is C12H16N2O. The van der Waals surface area contributed by atoms with Crippen molar-refractivity contribution in [3.05, 3.63) is 23.6 Å². The molecule has 0 saturated carbocycles. The Hall–Kier alpha value is -1.51. The van der Waals surface area contributed by atoms with Crippen LogP contribution in [0.15, 0.2) is 16.5 Å². The minimum absolute atomic E-state index is 0.0135. The van der Waals surface area contributed by atoms with Gasteiger partial charge in [-0.15, -0.1) is 0 Å². The molecule has 80 valence electrons. The number of oxazole rings is 1. The molecule has 2 rings (SSSR count).